The predicted molar refractivity (Wildman–Crippen MR) is 138 cm³/mol. The van der Waals surface area contributed by atoms with Crippen molar-refractivity contribution in [3.05, 3.63) is 58.9 Å². The predicted octanol–water partition coefficient (Wildman–Crippen LogP) is 4.19. The molecule has 0 saturated heterocycles. The van der Waals surface area contributed by atoms with Crippen molar-refractivity contribution in [2.45, 2.75) is 19.3 Å². The van der Waals surface area contributed by atoms with Crippen LogP contribution in [0.5, 0.6) is 0 Å². The summed E-state index contributed by atoms with van der Waals surface area (Å²) in [5, 5.41) is 12.0. The van der Waals surface area contributed by atoms with Crippen LogP contribution in [0.4, 0.5) is 5.69 Å². The number of unbranched alkanes of at least 4 members (excludes halogenated alkanes) is 2. The topological polar surface area (TPSA) is 79.5 Å². The number of hydrogen-bond donors (Lipinski definition) is 2. The molecular weight excluding hydrogens is 440 g/mol. The Labute approximate surface area is 201 Å². The molecule has 8 heteroatoms. The fourth-order valence-electron chi connectivity index (χ4n) is 3.76. The van der Waals surface area contributed by atoms with Crippen molar-refractivity contribution in [1.82, 2.24) is 15.1 Å². The largest absolute Gasteiger partial charge is 0.385 e. The Morgan fingerprint density at radius 2 is 1.64 bits per heavy atom. The van der Waals surface area contributed by atoms with E-state index >= 15 is 0 Å². The summed E-state index contributed by atoms with van der Waals surface area (Å²) in [5.41, 5.74) is 2.66. The third-order valence-corrected chi connectivity index (χ3v) is 5.54. The molecule has 0 bridgehead atoms. The number of ether oxygens (including phenoxy) is 2. The second kappa shape index (κ2) is 14.6. The molecule has 0 aliphatic carbocycles. The van der Waals surface area contributed by atoms with Gasteiger partial charge in [-0.25, -0.2) is 5.10 Å². The zero-order valence-corrected chi connectivity index (χ0v) is 20.3. The molecule has 0 spiro atoms. The minimum atomic E-state index is -0.165. The van der Waals surface area contributed by atoms with Gasteiger partial charge in [0.2, 0.25) is 0 Å². The van der Waals surface area contributed by atoms with Gasteiger partial charge in [-0.1, -0.05) is 36.8 Å². The summed E-state index contributed by atoms with van der Waals surface area (Å²) in [7, 11) is 3.48. The summed E-state index contributed by atoms with van der Waals surface area (Å²) in [6, 6.07) is 15.8. The van der Waals surface area contributed by atoms with Crippen LogP contribution >= 0.6 is 12.4 Å². The zero-order valence-electron chi connectivity index (χ0n) is 19.5. The van der Waals surface area contributed by atoms with Gasteiger partial charge in [-0.05, 0) is 37.6 Å². The molecule has 2 N–H and O–H groups in total. The van der Waals surface area contributed by atoms with E-state index in [0.717, 1.165) is 81.0 Å². The highest BCUT2D eigenvalue weighted by molar-refractivity contribution is 5.94. The number of hydrogen-bond acceptors (Lipinski definition) is 6. The van der Waals surface area contributed by atoms with Crippen LogP contribution in [-0.4, -0.2) is 68.7 Å². The molecule has 3 aromatic rings. The smallest absolute Gasteiger partial charge is 0.272 e. The van der Waals surface area contributed by atoms with Gasteiger partial charge in [-0.15, -0.1) is 12.4 Å². The number of anilines is 1. The van der Waals surface area contributed by atoms with Crippen molar-refractivity contribution in [2.24, 2.45) is 0 Å². The number of aromatic nitrogens is 2. The molecule has 0 radical (unpaired) electrons. The molecule has 0 aliphatic rings. The Balaban J connectivity index is 0.00000385. The number of nitrogens with one attached hydrogen (secondary N) is 2. The van der Waals surface area contributed by atoms with E-state index in [4.69, 9.17) is 9.47 Å². The van der Waals surface area contributed by atoms with E-state index in [1.165, 1.54) is 0 Å². The normalized spacial score (nSPS) is 11.0. The quantitative estimate of drug-likeness (QED) is 0.341. The molecule has 0 atom stereocenters. The zero-order chi connectivity index (χ0) is 22.6. The van der Waals surface area contributed by atoms with Gasteiger partial charge in [0.05, 0.1) is 24.3 Å². The fraction of sp³-hybridized carbons (Fsp3) is 0.440. The van der Waals surface area contributed by atoms with Crippen LogP contribution in [-0.2, 0) is 9.47 Å². The van der Waals surface area contributed by atoms with Gasteiger partial charge >= 0.3 is 0 Å². The van der Waals surface area contributed by atoms with Gasteiger partial charge in [0.15, 0.2) is 0 Å². The summed E-state index contributed by atoms with van der Waals surface area (Å²) in [4.78, 5) is 14.5. The van der Waals surface area contributed by atoms with E-state index in [2.05, 4.69) is 32.5 Å². The van der Waals surface area contributed by atoms with E-state index in [1.807, 2.05) is 36.4 Å². The van der Waals surface area contributed by atoms with Gasteiger partial charge in [-0.2, -0.15) is 5.10 Å². The van der Waals surface area contributed by atoms with Crippen LogP contribution in [0.2, 0.25) is 0 Å². The highest BCUT2D eigenvalue weighted by Crippen LogP contribution is 2.26. The second-order valence-electron chi connectivity index (χ2n) is 7.84. The molecular formula is C25H35ClN4O3. The third-order valence-electron chi connectivity index (χ3n) is 5.54. The van der Waals surface area contributed by atoms with Crippen molar-refractivity contribution < 1.29 is 9.47 Å². The van der Waals surface area contributed by atoms with Crippen molar-refractivity contribution in [2.75, 3.05) is 58.9 Å². The van der Waals surface area contributed by atoms with E-state index < -0.39 is 0 Å². The number of halogens is 1. The molecule has 1 heterocycles. The van der Waals surface area contributed by atoms with E-state index in [-0.39, 0.29) is 18.0 Å². The fourth-order valence-corrected chi connectivity index (χ4v) is 3.76. The van der Waals surface area contributed by atoms with Gasteiger partial charge in [0, 0.05) is 50.5 Å². The highest BCUT2D eigenvalue weighted by Gasteiger charge is 2.09. The summed E-state index contributed by atoms with van der Waals surface area (Å²) in [6.45, 7) is 5.37. The molecule has 1 aromatic heterocycles. The maximum atomic E-state index is 12.1. The van der Waals surface area contributed by atoms with Crippen LogP contribution in [0.3, 0.4) is 0 Å². The lowest BCUT2D eigenvalue weighted by molar-refractivity contribution is 0.113. The summed E-state index contributed by atoms with van der Waals surface area (Å²) < 4.78 is 10.4. The first-order valence-corrected chi connectivity index (χ1v) is 11.2. The SMILES string of the molecule is COCCN(CCCCCNc1cccc(-c2n[nH]c(=O)c3ccccc23)c1)CCOC.Cl. The molecule has 0 unspecified atom stereocenters. The van der Waals surface area contributed by atoms with E-state index in [1.54, 1.807) is 14.2 Å². The first kappa shape index (κ1) is 26.8. The van der Waals surface area contributed by atoms with Gasteiger partial charge < -0.3 is 14.8 Å². The first-order valence-electron chi connectivity index (χ1n) is 11.2. The summed E-state index contributed by atoms with van der Waals surface area (Å²) >= 11 is 0. The number of rotatable bonds is 14. The third kappa shape index (κ3) is 8.12. The number of aromatic amines is 1. The lowest BCUT2D eigenvalue weighted by atomic mass is 10.0. The number of nitrogens with zero attached hydrogens (tertiary/aromatic N) is 2. The Morgan fingerprint density at radius 3 is 2.36 bits per heavy atom. The molecule has 33 heavy (non-hydrogen) atoms. The lowest BCUT2D eigenvalue weighted by Gasteiger charge is -2.21. The minimum absolute atomic E-state index is 0. The molecule has 3 rings (SSSR count). The summed E-state index contributed by atoms with van der Waals surface area (Å²) in [6.07, 6.45) is 3.42. The molecule has 180 valence electrons. The van der Waals surface area contributed by atoms with Crippen LogP contribution in [0.25, 0.3) is 22.0 Å². The van der Waals surface area contributed by atoms with Crippen LogP contribution in [0.15, 0.2) is 53.3 Å². The average Bonchev–Trinajstić information content (AvgIpc) is 2.83. The molecule has 0 saturated carbocycles. The Kier molecular flexibility index (Phi) is 11.9. The van der Waals surface area contributed by atoms with Crippen LogP contribution in [0.1, 0.15) is 19.3 Å². The van der Waals surface area contributed by atoms with Crippen molar-refractivity contribution >= 4 is 28.9 Å². The molecule has 2 aromatic carbocycles. The van der Waals surface area contributed by atoms with Crippen LogP contribution in [0, 0.1) is 0 Å². The number of fused-ring (bicyclic) bond motifs is 1. The van der Waals surface area contributed by atoms with Gasteiger partial charge in [0.1, 0.15) is 0 Å². The maximum absolute atomic E-state index is 12.1. The highest BCUT2D eigenvalue weighted by atomic mass is 35.5. The van der Waals surface area contributed by atoms with Gasteiger partial charge in [0.25, 0.3) is 5.56 Å². The van der Waals surface area contributed by atoms with Crippen molar-refractivity contribution in [3.8, 4) is 11.3 Å². The Hall–Kier alpha value is -2.45. The van der Waals surface area contributed by atoms with Crippen LogP contribution < -0.4 is 10.9 Å². The van der Waals surface area contributed by atoms with E-state index in [0.29, 0.717) is 5.39 Å². The van der Waals surface area contributed by atoms with Gasteiger partial charge in [-0.3, -0.25) is 9.69 Å². The Bertz CT molecular complexity index is 1020. The standard InChI is InChI=1S/C25H34N4O3.ClH/c1-31-17-15-29(16-18-32-2)14-7-3-6-13-26-21-10-8-9-20(19-21)24-22-11-4-5-12-23(22)25(30)28-27-24;/h4-5,8-12,19,26H,3,6-7,13-18H2,1-2H3,(H,28,30);1H. The average molecular weight is 475 g/mol. The van der Waals surface area contributed by atoms with Crippen molar-refractivity contribution in [1.29, 1.82) is 0 Å². The maximum Gasteiger partial charge on any atom is 0.272 e. The number of methoxy groups -OCH3 is 2. The molecule has 0 fully saturated rings. The second-order valence-corrected chi connectivity index (χ2v) is 7.84. The monoisotopic (exact) mass is 474 g/mol. The summed E-state index contributed by atoms with van der Waals surface area (Å²) in [5.74, 6) is 0. The molecule has 0 amide bonds. The minimum Gasteiger partial charge on any atom is -0.385 e. The van der Waals surface area contributed by atoms with Crippen molar-refractivity contribution in [3.63, 3.8) is 0 Å². The number of benzene rings is 2. The number of H-pyrrole nitrogens is 1. The Morgan fingerprint density at radius 1 is 0.909 bits per heavy atom. The molecule has 7 nitrogen and oxygen atoms in total. The van der Waals surface area contributed by atoms with E-state index in [9.17, 15) is 4.79 Å². The molecule has 0 aliphatic heterocycles. The first-order chi connectivity index (χ1) is 15.7. The lowest BCUT2D eigenvalue weighted by Crippen LogP contribution is -2.31.